The molecule has 5 heteroatoms. The summed E-state index contributed by atoms with van der Waals surface area (Å²) in [5, 5.41) is 0. The Kier molecular flexibility index (Phi) is 4.15. The first-order valence-electron chi connectivity index (χ1n) is 8.19. The maximum atomic E-state index is 13.1. The molecule has 0 spiro atoms. The second-order valence-electron chi connectivity index (χ2n) is 5.93. The number of carbonyl (C=O) groups is 1. The molecular formula is C20H16N2O2S. The number of ketones is 1. The number of nitrogens with zero attached hydrogens (tertiary/aromatic N) is 2. The van der Waals surface area contributed by atoms with Gasteiger partial charge in [-0.15, -0.1) is 11.3 Å². The zero-order valence-corrected chi connectivity index (χ0v) is 14.3. The van der Waals surface area contributed by atoms with Gasteiger partial charge in [0.15, 0.2) is 5.78 Å². The normalized spacial score (nSPS) is 17.3. The van der Waals surface area contributed by atoms with Gasteiger partial charge in [0.1, 0.15) is 4.66 Å². The van der Waals surface area contributed by atoms with Crippen molar-refractivity contribution in [3.8, 4) is 5.69 Å². The van der Waals surface area contributed by atoms with Crippen molar-refractivity contribution < 1.29 is 4.79 Å². The number of hydrogen-bond donors (Lipinski definition) is 0. The summed E-state index contributed by atoms with van der Waals surface area (Å²) in [6.45, 7) is 0. The van der Waals surface area contributed by atoms with Gasteiger partial charge in [0.05, 0.1) is 10.2 Å². The van der Waals surface area contributed by atoms with Crippen molar-refractivity contribution in [3.63, 3.8) is 0 Å². The second-order valence-corrected chi connectivity index (χ2v) is 6.96. The number of Topliss-reactive ketones (excluding diaryl/α,β-unsaturated/α-hetero) is 1. The molecule has 1 aliphatic carbocycles. The number of pyridine rings is 1. The fraction of sp³-hybridized carbons (Fsp3) is 0.150. The Morgan fingerprint density at radius 3 is 2.56 bits per heavy atom. The summed E-state index contributed by atoms with van der Waals surface area (Å²) < 4.78 is 3.04. The highest BCUT2D eigenvalue weighted by molar-refractivity contribution is 7.07. The molecule has 0 radical (unpaired) electrons. The lowest BCUT2D eigenvalue weighted by atomic mass is 10.2. The molecule has 25 heavy (non-hydrogen) atoms. The van der Waals surface area contributed by atoms with E-state index in [1.54, 1.807) is 17.0 Å². The Morgan fingerprint density at radius 2 is 1.88 bits per heavy atom. The van der Waals surface area contributed by atoms with Gasteiger partial charge >= 0.3 is 0 Å². The molecule has 4 rings (SSSR count). The van der Waals surface area contributed by atoms with Crippen LogP contribution in [0.25, 0.3) is 17.3 Å². The quantitative estimate of drug-likeness (QED) is 0.712. The Morgan fingerprint density at radius 1 is 1.04 bits per heavy atom. The number of para-hydroxylation sites is 1. The van der Waals surface area contributed by atoms with E-state index in [2.05, 4.69) is 4.98 Å². The van der Waals surface area contributed by atoms with Crippen molar-refractivity contribution in [2.24, 2.45) is 0 Å². The van der Waals surface area contributed by atoms with Crippen LogP contribution in [0.3, 0.4) is 0 Å². The highest BCUT2D eigenvalue weighted by Crippen LogP contribution is 2.20. The maximum absolute atomic E-state index is 13.1. The molecule has 0 amide bonds. The third-order valence-corrected chi connectivity index (χ3v) is 5.38. The van der Waals surface area contributed by atoms with Crippen LogP contribution in [0.4, 0.5) is 0 Å². The minimum Gasteiger partial charge on any atom is -0.294 e. The van der Waals surface area contributed by atoms with Gasteiger partial charge in [-0.05, 0) is 42.7 Å². The molecule has 0 aliphatic heterocycles. The first kappa shape index (κ1) is 15.7. The first-order chi connectivity index (χ1) is 12.2. The monoisotopic (exact) mass is 348 g/mol. The van der Waals surface area contributed by atoms with Gasteiger partial charge in [0.25, 0.3) is 5.56 Å². The van der Waals surface area contributed by atoms with Crippen molar-refractivity contribution in [1.82, 2.24) is 9.55 Å². The smallest absolute Gasteiger partial charge is 0.273 e. The van der Waals surface area contributed by atoms with Gasteiger partial charge < -0.3 is 0 Å². The predicted octanol–water partition coefficient (Wildman–Crippen LogP) is 2.03. The van der Waals surface area contributed by atoms with Gasteiger partial charge in [-0.25, -0.2) is 0 Å². The number of hydrogen-bond acceptors (Lipinski definition) is 4. The topological polar surface area (TPSA) is 52.0 Å². The summed E-state index contributed by atoms with van der Waals surface area (Å²) >= 11 is 1.39. The Balaban J connectivity index is 2.05. The lowest BCUT2D eigenvalue weighted by Gasteiger charge is -2.03. The minimum absolute atomic E-state index is 0.0951. The van der Waals surface area contributed by atoms with E-state index in [0.717, 1.165) is 34.3 Å². The van der Waals surface area contributed by atoms with Crippen LogP contribution < -0.4 is 14.8 Å². The van der Waals surface area contributed by atoms with Crippen LogP contribution in [0.5, 0.6) is 0 Å². The van der Waals surface area contributed by atoms with E-state index in [1.807, 2.05) is 48.5 Å². The van der Waals surface area contributed by atoms with Crippen molar-refractivity contribution in [2.45, 2.75) is 19.3 Å². The summed E-state index contributed by atoms with van der Waals surface area (Å²) in [5.74, 6) is 0.152. The predicted molar refractivity (Wildman–Crippen MR) is 99.2 cm³/mol. The molecule has 0 bridgehead atoms. The number of benzene rings is 1. The number of carbonyl (C=O) groups excluding carboxylic acids is 1. The second kappa shape index (κ2) is 6.61. The Hall–Kier alpha value is -2.79. The fourth-order valence-electron chi connectivity index (χ4n) is 3.05. The van der Waals surface area contributed by atoms with Gasteiger partial charge in [0, 0.05) is 24.4 Å². The zero-order valence-electron chi connectivity index (χ0n) is 13.5. The molecule has 0 atom stereocenters. The van der Waals surface area contributed by atoms with Gasteiger partial charge in [-0.3, -0.25) is 19.1 Å². The van der Waals surface area contributed by atoms with Crippen molar-refractivity contribution in [2.75, 3.05) is 0 Å². The fourth-order valence-corrected chi connectivity index (χ4v) is 4.25. The van der Waals surface area contributed by atoms with Crippen LogP contribution in [-0.4, -0.2) is 15.3 Å². The zero-order chi connectivity index (χ0) is 17.2. The van der Waals surface area contributed by atoms with E-state index in [-0.39, 0.29) is 11.3 Å². The van der Waals surface area contributed by atoms with E-state index in [4.69, 9.17) is 0 Å². The van der Waals surface area contributed by atoms with E-state index in [1.165, 1.54) is 11.3 Å². The summed E-state index contributed by atoms with van der Waals surface area (Å²) in [6, 6.07) is 13.2. The van der Waals surface area contributed by atoms with Gasteiger partial charge in [-0.1, -0.05) is 24.3 Å². The summed E-state index contributed by atoms with van der Waals surface area (Å²) in [7, 11) is 0. The average Bonchev–Trinajstić information content (AvgIpc) is 3.20. The minimum atomic E-state index is -0.0951. The number of rotatable bonds is 2. The van der Waals surface area contributed by atoms with E-state index in [9.17, 15) is 9.59 Å². The number of thiazole rings is 1. The molecule has 4 nitrogen and oxygen atoms in total. The van der Waals surface area contributed by atoms with Crippen LogP contribution in [0.2, 0.25) is 0 Å². The molecule has 0 saturated heterocycles. The largest absolute Gasteiger partial charge is 0.294 e. The van der Waals surface area contributed by atoms with E-state index >= 15 is 0 Å². The molecule has 1 aromatic carbocycles. The van der Waals surface area contributed by atoms with E-state index < -0.39 is 0 Å². The SMILES string of the molecule is O=C1CCCC1=c1s/c(=C\c2cccnc2)c(=O)n1-c1ccccc1. The Labute approximate surface area is 148 Å². The van der Waals surface area contributed by atoms with E-state index in [0.29, 0.717) is 11.0 Å². The summed E-state index contributed by atoms with van der Waals surface area (Å²) in [4.78, 5) is 29.4. The van der Waals surface area contributed by atoms with Crippen LogP contribution >= 0.6 is 11.3 Å². The summed E-state index contributed by atoms with van der Waals surface area (Å²) in [5.41, 5.74) is 2.34. The van der Waals surface area contributed by atoms with Crippen molar-refractivity contribution >= 4 is 28.8 Å². The average molecular weight is 348 g/mol. The molecule has 3 aromatic rings. The third kappa shape index (κ3) is 2.98. The maximum Gasteiger partial charge on any atom is 0.273 e. The number of aromatic nitrogens is 2. The molecule has 2 aromatic heterocycles. The molecule has 1 fully saturated rings. The lowest BCUT2D eigenvalue weighted by Crippen LogP contribution is -2.31. The van der Waals surface area contributed by atoms with Crippen LogP contribution in [-0.2, 0) is 4.79 Å². The summed E-state index contributed by atoms with van der Waals surface area (Å²) in [6.07, 6.45) is 7.42. The van der Waals surface area contributed by atoms with Crippen LogP contribution in [0.1, 0.15) is 24.8 Å². The first-order valence-corrected chi connectivity index (χ1v) is 9.01. The molecule has 0 N–H and O–H groups in total. The highest BCUT2D eigenvalue weighted by atomic mass is 32.1. The molecule has 2 heterocycles. The van der Waals surface area contributed by atoms with Crippen LogP contribution in [0.15, 0.2) is 59.7 Å². The van der Waals surface area contributed by atoms with Gasteiger partial charge in [-0.2, -0.15) is 0 Å². The molecule has 124 valence electrons. The highest BCUT2D eigenvalue weighted by Gasteiger charge is 2.21. The van der Waals surface area contributed by atoms with Gasteiger partial charge in [0.2, 0.25) is 0 Å². The standard InChI is InChI=1S/C20H16N2O2S/c23-17-10-4-9-16(17)20-22(15-7-2-1-3-8-15)19(24)18(25-20)12-14-6-5-11-21-13-14/h1-3,5-8,11-13H,4,9-10H2/b18-12-,20-16?. The lowest BCUT2D eigenvalue weighted by molar-refractivity contribution is -0.113. The van der Waals surface area contributed by atoms with Crippen molar-refractivity contribution in [1.29, 1.82) is 0 Å². The molecule has 0 unspecified atom stereocenters. The molecule has 1 aliphatic rings. The Bertz CT molecular complexity index is 1100. The molecular weight excluding hydrogens is 332 g/mol. The van der Waals surface area contributed by atoms with Crippen LogP contribution in [0, 0.1) is 0 Å². The third-order valence-electron chi connectivity index (χ3n) is 4.25. The van der Waals surface area contributed by atoms with Crippen molar-refractivity contribution in [3.05, 3.63) is 80.0 Å². The molecule has 1 saturated carbocycles.